The Morgan fingerprint density at radius 1 is 1.35 bits per heavy atom. The van der Waals surface area contributed by atoms with Crippen LogP contribution < -0.4 is 5.32 Å². The summed E-state index contributed by atoms with van der Waals surface area (Å²) >= 11 is 0. The van der Waals surface area contributed by atoms with Crippen molar-refractivity contribution in [1.29, 1.82) is 0 Å². The van der Waals surface area contributed by atoms with Gasteiger partial charge in [-0.15, -0.1) is 0 Å². The Balaban J connectivity index is 2.14. The van der Waals surface area contributed by atoms with Gasteiger partial charge in [0.1, 0.15) is 0 Å². The second-order valence-electron chi connectivity index (χ2n) is 7.36. The van der Waals surface area contributed by atoms with E-state index >= 15 is 0 Å². The molecule has 0 amide bonds. The van der Waals surface area contributed by atoms with Crippen LogP contribution in [0.15, 0.2) is 0 Å². The van der Waals surface area contributed by atoms with Gasteiger partial charge in [-0.05, 0) is 66.1 Å². The molecule has 1 N–H and O–H groups in total. The molecular weight excluding hydrogens is 248 g/mol. The van der Waals surface area contributed by atoms with E-state index in [1.165, 1.54) is 44.9 Å². The van der Waals surface area contributed by atoms with Crippen molar-refractivity contribution in [2.75, 3.05) is 27.7 Å². The average Bonchev–Trinajstić information content (AvgIpc) is 2.87. The minimum Gasteiger partial charge on any atom is -0.375 e. The van der Waals surface area contributed by atoms with Crippen molar-refractivity contribution >= 4 is 0 Å². The van der Waals surface area contributed by atoms with Crippen LogP contribution in [0.5, 0.6) is 0 Å². The summed E-state index contributed by atoms with van der Waals surface area (Å²) in [4.78, 5) is 2.41. The normalized spacial score (nSPS) is 30.6. The van der Waals surface area contributed by atoms with Crippen molar-refractivity contribution in [3.05, 3.63) is 0 Å². The molecule has 0 aromatic carbocycles. The molecule has 2 fully saturated rings. The highest BCUT2D eigenvalue weighted by Crippen LogP contribution is 2.44. The number of hydrogen-bond acceptors (Lipinski definition) is 3. The van der Waals surface area contributed by atoms with Crippen LogP contribution in [0.3, 0.4) is 0 Å². The number of hydrogen-bond donors (Lipinski definition) is 1. The summed E-state index contributed by atoms with van der Waals surface area (Å²) in [5.74, 6) is 0.735. The van der Waals surface area contributed by atoms with Crippen molar-refractivity contribution < 1.29 is 4.74 Å². The minimum atomic E-state index is 0.219. The maximum Gasteiger partial charge on any atom is 0.0685 e. The molecule has 118 valence electrons. The highest BCUT2D eigenvalue weighted by molar-refractivity contribution is 5.02. The molecule has 3 heteroatoms. The molecule has 3 unspecified atom stereocenters. The molecule has 1 spiro atoms. The van der Waals surface area contributed by atoms with Crippen molar-refractivity contribution in [3.63, 3.8) is 0 Å². The summed E-state index contributed by atoms with van der Waals surface area (Å²) in [5.41, 5.74) is 0.440. The molecule has 1 saturated carbocycles. The first kappa shape index (κ1) is 16.3. The Bertz CT molecular complexity index is 312. The van der Waals surface area contributed by atoms with Crippen LogP contribution in [-0.4, -0.2) is 49.8 Å². The molecule has 3 nitrogen and oxygen atoms in total. The largest absolute Gasteiger partial charge is 0.375 e. The van der Waals surface area contributed by atoms with Gasteiger partial charge in [-0.1, -0.05) is 19.8 Å². The van der Waals surface area contributed by atoms with Gasteiger partial charge in [0.2, 0.25) is 0 Å². The number of rotatable bonds is 5. The smallest absolute Gasteiger partial charge is 0.0685 e. The lowest BCUT2D eigenvalue weighted by Crippen LogP contribution is -2.61. The maximum atomic E-state index is 6.22. The first-order valence-corrected chi connectivity index (χ1v) is 8.46. The number of nitrogens with one attached hydrogen (secondary N) is 1. The lowest BCUT2D eigenvalue weighted by molar-refractivity contribution is -0.106. The van der Waals surface area contributed by atoms with E-state index in [4.69, 9.17) is 4.74 Å². The van der Waals surface area contributed by atoms with Gasteiger partial charge >= 0.3 is 0 Å². The zero-order valence-corrected chi connectivity index (χ0v) is 14.2. The van der Waals surface area contributed by atoms with E-state index in [9.17, 15) is 0 Å². The SMILES string of the molecule is CCC(C)(C(NC)C1CCOC2(CCCC2)C1)N(C)C. The Kier molecular flexibility index (Phi) is 5.14. The van der Waals surface area contributed by atoms with E-state index < -0.39 is 0 Å². The first-order valence-electron chi connectivity index (χ1n) is 8.46. The van der Waals surface area contributed by atoms with Gasteiger partial charge in [-0.3, -0.25) is 0 Å². The van der Waals surface area contributed by atoms with Crippen molar-refractivity contribution in [1.82, 2.24) is 10.2 Å². The molecule has 1 aliphatic heterocycles. The highest BCUT2D eigenvalue weighted by Gasteiger charge is 2.46. The summed E-state index contributed by atoms with van der Waals surface area (Å²) in [6, 6.07) is 0.545. The van der Waals surface area contributed by atoms with Crippen LogP contribution in [0.25, 0.3) is 0 Å². The van der Waals surface area contributed by atoms with E-state index in [1.807, 2.05) is 0 Å². The molecule has 0 aromatic rings. The van der Waals surface area contributed by atoms with E-state index in [0.29, 0.717) is 6.04 Å². The van der Waals surface area contributed by atoms with Gasteiger partial charge in [0.15, 0.2) is 0 Å². The predicted molar refractivity (Wildman–Crippen MR) is 85.1 cm³/mol. The van der Waals surface area contributed by atoms with Crippen molar-refractivity contribution in [3.8, 4) is 0 Å². The minimum absolute atomic E-state index is 0.219. The Labute approximate surface area is 125 Å². The molecule has 0 radical (unpaired) electrons. The Morgan fingerprint density at radius 2 is 2.00 bits per heavy atom. The standard InChI is InChI=1S/C17H34N2O/c1-6-16(2,19(4)5)15(18-3)14-9-12-20-17(13-14)10-7-8-11-17/h14-15,18H,6-13H2,1-5H3. The Morgan fingerprint density at radius 3 is 2.50 bits per heavy atom. The van der Waals surface area contributed by atoms with E-state index in [1.54, 1.807) is 0 Å². The summed E-state index contributed by atoms with van der Waals surface area (Å²) in [7, 11) is 6.58. The van der Waals surface area contributed by atoms with Gasteiger partial charge in [0.05, 0.1) is 5.60 Å². The third kappa shape index (κ3) is 2.90. The molecule has 1 heterocycles. The summed E-state index contributed by atoms with van der Waals surface area (Å²) in [6.07, 6.45) is 8.91. The molecule has 20 heavy (non-hydrogen) atoms. The summed E-state index contributed by atoms with van der Waals surface area (Å²) < 4.78 is 6.22. The van der Waals surface area contributed by atoms with E-state index in [2.05, 4.69) is 45.2 Å². The Hall–Kier alpha value is -0.120. The molecule has 1 saturated heterocycles. The van der Waals surface area contributed by atoms with E-state index in [0.717, 1.165) is 12.5 Å². The van der Waals surface area contributed by atoms with Gasteiger partial charge in [-0.25, -0.2) is 0 Å². The first-order chi connectivity index (χ1) is 9.47. The quantitative estimate of drug-likeness (QED) is 0.839. The fourth-order valence-electron chi connectivity index (χ4n) is 4.59. The molecule has 2 aliphatic rings. The zero-order chi connectivity index (χ0) is 14.8. The monoisotopic (exact) mass is 282 g/mol. The third-order valence-electron chi connectivity index (χ3n) is 6.24. The summed E-state index contributed by atoms with van der Waals surface area (Å²) in [5, 5.41) is 3.65. The summed E-state index contributed by atoms with van der Waals surface area (Å²) in [6.45, 7) is 5.68. The van der Waals surface area contributed by atoms with E-state index in [-0.39, 0.29) is 11.1 Å². The lowest BCUT2D eigenvalue weighted by Gasteiger charge is -2.50. The highest BCUT2D eigenvalue weighted by atomic mass is 16.5. The molecule has 1 aliphatic carbocycles. The van der Waals surface area contributed by atoms with Crippen LogP contribution in [0, 0.1) is 5.92 Å². The van der Waals surface area contributed by atoms with Gasteiger partial charge < -0.3 is 15.0 Å². The maximum absolute atomic E-state index is 6.22. The van der Waals surface area contributed by atoms with Crippen LogP contribution >= 0.6 is 0 Å². The van der Waals surface area contributed by atoms with Crippen LogP contribution in [0.1, 0.15) is 58.8 Å². The van der Waals surface area contributed by atoms with Gasteiger partial charge in [-0.2, -0.15) is 0 Å². The molecule has 2 rings (SSSR count). The van der Waals surface area contributed by atoms with Crippen LogP contribution in [0.2, 0.25) is 0 Å². The second-order valence-corrected chi connectivity index (χ2v) is 7.36. The van der Waals surface area contributed by atoms with Crippen molar-refractivity contribution in [2.24, 2.45) is 5.92 Å². The fraction of sp³-hybridized carbons (Fsp3) is 1.00. The second kappa shape index (κ2) is 6.33. The molecular formula is C17H34N2O. The molecule has 0 bridgehead atoms. The van der Waals surface area contributed by atoms with Crippen LogP contribution in [0.4, 0.5) is 0 Å². The predicted octanol–water partition coefficient (Wildman–Crippen LogP) is 3.04. The zero-order valence-electron chi connectivity index (χ0n) is 14.2. The average molecular weight is 282 g/mol. The van der Waals surface area contributed by atoms with Crippen molar-refractivity contribution in [2.45, 2.75) is 76.0 Å². The van der Waals surface area contributed by atoms with Crippen LogP contribution in [-0.2, 0) is 4.74 Å². The van der Waals surface area contributed by atoms with Gasteiger partial charge in [0, 0.05) is 18.2 Å². The number of likely N-dealkylation sites (N-methyl/N-ethyl adjacent to an activating group) is 2. The fourth-order valence-corrected chi connectivity index (χ4v) is 4.59. The lowest BCUT2D eigenvalue weighted by atomic mass is 9.72. The topological polar surface area (TPSA) is 24.5 Å². The number of ether oxygens (including phenoxy) is 1. The molecule has 0 aromatic heterocycles. The van der Waals surface area contributed by atoms with Gasteiger partial charge in [0.25, 0.3) is 0 Å². The molecule has 3 atom stereocenters. The number of nitrogens with zero attached hydrogens (tertiary/aromatic N) is 1. The third-order valence-corrected chi connectivity index (χ3v) is 6.24.